The van der Waals surface area contributed by atoms with Crippen LogP contribution in [0.5, 0.6) is 0 Å². The molecule has 0 amide bonds. The smallest absolute Gasteiger partial charge is 0.161 e. The first-order valence-corrected chi connectivity index (χ1v) is 6.30. The predicted molar refractivity (Wildman–Crippen MR) is 74.1 cm³/mol. The summed E-state index contributed by atoms with van der Waals surface area (Å²) >= 11 is 3.41. The van der Waals surface area contributed by atoms with E-state index in [1.165, 1.54) is 12.1 Å². The summed E-state index contributed by atoms with van der Waals surface area (Å²) in [5.41, 5.74) is 2.34. The predicted octanol–water partition coefficient (Wildman–Crippen LogP) is 3.70. The van der Waals surface area contributed by atoms with Gasteiger partial charge in [0.05, 0.1) is 10.2 Å². The molecule has 0 aliphatic heterocycles. The molecule has 1 N–H and O–H groups in total. The van der Waals surface area contributed by atoms with E-state index in [9.17, 15) is 4.39 Å². The van der Waals surface area contributed by atoms with Crippen LogP contribution in [-0.4, -0.2) is 17.0 Å². The maximum absolute atomic E-state index is 13.4. The Kier molecular flexibility index (Phi) is 3.61. The molecule has 0 fully saturated rings. The molecule has 0 atom stereocenters. The van der Waals surface area contributed by atoms with Crippen LogP contribution in [0.25, 0.3) is 11.4 Å². The van der Waals surface area contributed by atoms with Gasteiger partial charge in [0.25, 0.3) is 0 Å². The molecule has 0 saturated heterocycles. The summed E-state index contributed by atoms with van der Waals surface area (Å²) in [5, 5.41) is 2.98. The van der Waals surface area contributed by atoms with Gasteiger partial charge in [-0.3, -0.25) is 0 Å². The summed E-state index contributed by atoms with van der Waals surface area (Å²) in [6.07, 6.45) is 0. The van der Waals surface area contributed by atoms with Gasteiger partial charge in [-0.25, -0.2) is 14.4 Å². The zero-order valence-electron chi connectivity index (χ0n) is 10.4. The largest absolute Gasteiger partial charge is 0.372 e. The van der Waals surface area contributed by atoms with E-state index in [2.05, 4.69) is 31.2 Å². The average Bonchev–Trinajstić information content (AvgIpc) is 2.31. The summed E-state index contributed by atoms with van der Waals surface area (Å²) in [7, 11) is 1.78. The highest BCUT2D eigenvalue weighted by Gasteiger charge is 2.10. The van der Waals surface area contributed by atoms with Crippen molar-refractivity contribution in [1.29, 1.82) is 0 Å². The van der Waals surface area contributed by atoms with Crippen molar-refractivity contribution in [3.05, 3.63) is 39.7 Å². The lowest BCUT2D eigenvalue weighted by Gasteiger charge is -2.09. The van der Waals surface area contributed by atoms with E-state index in [1.807, 2.05) is 19.9 Å². The number of nitrogens with one attached hydrogen (secondary N) is 1. The van der Waals surface area contributed by atoms with E-state index >= 15 is 0 Å². The van der Waals surface area contributed by atoms with Gasteiger partial charge in [-0.15, -0.1) is 0 Å². The molecule has 94 valence electrons. The molecule has 0 aliphatic rings. The van der Waals surface area contributed by atoms with E-state index in [1.54, 1.807) is 7.05 Å². The van der Waals surface area contributed by atoms with Gasteiger partial charge in [0.15, 0.2) is 5.82 Å². The minimum absolute atomic E-state index is 0.278. The minimum atomic E-state index is -0.278. The second kappa shape index (κ2) is 5.02. The third-order valence-corrected chi connectivity index (χ3v) is 3.50. The molecule has 1 aromatic heterocycles. The highest BCUT2D eigenvalue weighted by atomic mass is 79.9. The van der Waals surface area contributed by atoms with Crippen LogP contribution in [0, 0.1) is 19.7 Å². The number of halogens is 2. The first-order valence-electron chi connectivity index (χ1n) is 5.50. The summed E-state index contributed by atoms with van der Waals surface area (Å²) in [5.74, 6) is 0.933. The average molecular weight is 310 g/mol. The highest BCUT2D eigenvalue weighted by Crippen LogP contribution is 2.27. The first-order chi connectivity index (χ1) is 8.51. The van der Waals surface area contributed by atoms with Crippen LogP contribution in [0.15, 0.2) is 22.7 Å². The van der Waals surface area contributed by atoms with Crippen molar-refractivity contribution in [2.24, 2.45) is 0 Å². The molecule has 1 heterocycles. The topological polar surface area (TPSA) is 37.8 Å². The van der Waals surface area contributed by atoms with Crippen molar-refractivity contribution in [1.82, 2.24) is 9.97 Å². The molecule has 0 radical (unpaired) electrons. The Labute approximate surface area is 114 Å². The Morgan fingerprint density at radius 3 is 2.50 bits per heavy atom. The van der Waals surface area contributed by atoms with Crippen molar-refractivity contribution in [3.8, 4) is 11.4 Å². The Hall–Kier alpha value is -1.49. The summed E-state index contributed by atoms with van der Waals surface area (Å²) in [6.45, 7) is 3.72. The fourth-order valence-electron chi connectivity index (χ4n) is 1.72. The number of anilines is 1. The maximum atomic E-state index is 13.4. The Bertz CT molecular complexity index is 579. The quantitative estimate of drug-likeness (QED) is 0.919. The third-order valence-electron chi connectivity index (χ3n) is 2.55. The van der Waals surface area contributed by atoms with E-state index < -0.39 is 0 Å². The van der Waals surface area contributed by atoms with Crippen molar-refractivity contribution in [3.63, 3.8) is 0 Å². The number of rotatable bonds is 2. The normalized spacial score (nSPS) is 10.5. The fraction of sp³-hybridized carbons (Fsp3) is 0.231. The first kappa shape index (κ1) is 13.0. The van der Waals surface area contributed by atoms with Gasteiger partial charge in [0.2, 0.25) is 0 Å². The monoisotopic (exact) mass is 309 g/mol. The second-order valence-corrected chi connectivity index (χ2v) is 4.86. The summed E-state index contributed by atoms with van der Waals surface area (Å²) < 4.78 is 14.2. The van der Waals surface area contributed by atoms with Crippen LogP contribution in [0.2, 0.25) is 0 Å². The molecule has 0 bridgehead atoms. The molecule has 18 heavy (non-hydrogen) atoms. The molecule has 0 spiro atoms. The minimum Gasteiger partial charge on any atom is -0.372 e. The van der Waals surface area contributed by atoms with Gasteiger partial charge < -0.3 is 5.32 Å². The van der Waals surface area contributed by atoms with Gasteiger partial charge in [0, 0.05) is 12.6 Å². The summed E-state index contributed by atoms with van der Waals surface area (Å²) in [6, 6.07) is 4.79. The van der Waals surface area contributed by atoms with Crippen molar-refractivity contribution in [2.75, 3.05) is 12.4 Å². The Morgan fingerprint density at radius 1 is 1.17 bits per heavy atom. The molecular formula is C13H13BrFN3. The third kappa shape index (κ3) is 2.51. The Balaban J connectivity index is 2.60. The maximum Gasteiger partial charge on any atom is 0.161 e. The SMILES string of the molecule is CNc1nc(-c2cc(C)cc(F)c2)nc(C)c1Br. The molecule has 0 aliphatic carbocycles. The van der Waals surface area contributed by atoms with Gasteiger partial charge >= 0.3 is 0 Å². The number of aromatic nitrogens is 2. The molecular weight excluding hydrogens is 297 g/mol. The van der Waals surface area contributed by atoms with Crippen LogP contribution in [0.3, 0.4) is 0 Å². The zero-order valence-corrected chi connectivity index (χ0v) is 12.0. The van der Waals surface area contributed by atoms with Gasteiger partial charge in [-0.05, 0) is 53.5 Å². The molecule has 0 unspecified atom stereocenters. The molecule has 3 nitrogen and oxygen atoms in total. The number of aryl methyl sites for hydroxylation is 2. The molecule has 2 aromatic rings. The summed E-state index contributed by atoms with van der Waals surface area (Å²) in [4.78, 5) is 8.74. The lowest BCUT2D eigenvalue weighted by molar-refractivity contribution is 0.627. The van der Waals surface area contributed by atoms with Crippen LogP contribution >= 0.6 is 15.9 Å². The molecule has 5 heteroatoms. The Morgan fingerprint density at radius 2 is 1.89 bits per heavy atom. The van der Waals surface area contributed by atoms with Gasteiger partial charge in [-0.2, -0.15) is 0 Å². The van der Waals surface area contributed by atoms with E-state index in [4.69, 9.17) is 0 Å². The van der Waals surface area contributed by atoms with Crippen LogP contribution in [-0.2, 0) is 0 Å². The van der Waals surface area contributed by atoms with E-state index in [0.29, 0.717) is 17.2 Å². The van der Waals surface area contributed by atoms with Crippen LogP contribution < -0.4 is 5.32 Å². The fourth-order valence-corrected chi connectivity index (χ4v) is 2.10. The standard InChI is InChI=1S/C13H13BrFN3/c1-7-4-9(6-10(15)5-7)12-17-8(2)11(14)13(16-3)18-12/h4-6H,1-3H3,(H,16,17,18). The molecule has 0 saturated carbocycles. The second-order valence-electron chi connectivity index (χ2n) is 4.06. The van der Waals surface area contributed by atoms with Crippen molar-refractivity contribution in [2.45, 2.75) is 13.8 Å². The van der Waals surface area contributed by atoms with Crippen molar-refractivity contribution < 1.29 is 4.39 Å². The van der Waals surface area contributed by atoms with Crippen molar-refractivity contribution >= 4 is 21.7 Å². The number of hydrogen-bond acceptors (Lipinski definition) is 3. The lowest BCUT2D eigenvalue weighted by atomic mass is 10.1. The number of hydrogen-bond donors (Lipinski definition) is 1. The van der Waals surface area contributed by atoms with E-state index in [0.717, 1.165) is 15.7 Å². The van der Waals surface area contributed by atoms with Crippen LogP contribution in [0.1, 0.15) is 11.3 Å². The van der Waals surface area contributed by atoms with Crippen LogP contribution in [0.4, 0.5) is 10.2 Å². The lowest BCUT2D eigenvalue weighted by Crippen LogP contribution is -2.01. The van der Waals surface area contributed by atoms with E-state index in [-0.39, 0.29) is 5.82 Å². The number of nitrogens with zero attached hydrogens (tertiary/aromatic N) is 2. The highest BCUT2D eigenvalue weighted by molar-refractivity contribution is 9.10. The van der Waals surface area contributed by atoms with Gasteiger partial charge in [-0.1, -0.05) is 0 Å². The number of benzene rings is 1. The molecule has 2 rings (SSSR count). The zero-order chi connectivity index (χ0) is 13.3. The van der Waals surface area contributed by atoms with Gasteiger partial charge in [0.1, 0.15) is 11.6 Å². The molecule has 1 aromatic carbocycles.